The number of carbonyl (C=O) groups excluding carboxylic acids is 1. The van der Waals surface area contributed by atoms with Crippen molar-refractivity contribution in [2.45, 2.75) is 12.5 Å². The number of rotatable bonds is 3. The molecule has 0 radical (unpaired) electrons. The molecule has 1 N–H and O–H groups in total. The van der Waals surface area contributed by atoms with Crippen LogP contribution in [0.1, 0.15) is 12.0 Å². The summed E-state index contributed by atoms with van der Waals surface area (Å²) in [5, 5.41) is 20.2. The van der Waals surface area contributed by atoms with Gasteiger partial charge in [0.1, 0.15) is 0 Å². The summed E-state index contributed by atoms with van der Waals surface area (Å²) in [4.78, 5) is 11.0. The highest BCUT2D eigenvalue weighted by molar-refractivity contribution is 6.01. The highest BCUT2D eigenvalue weighted by atomic mass is 16.3. The van der Waals surface area contributed by atoms with Crippen molar-refractivity contribution < 1.29 is 9.90 Å². The molecule has 0 saturated carbocycles. The van der Waals surface area contributed by atoms with E-state index < -0.39 is 0 Å². The van der Waals surface area contributed by atoms with Crippen LogP contribution < -0.4 is 0 Å². The van der Waals surface area contributed by atoms with Gasteiger partial charge in [0.15, 0.2) is 5.69 Å². The van der Waals surface area contributed by atoms with Crippen molar-refractivity contribution in [1.82, 2.24) is 0 Å². The Kier molecular flexibility index (Phi) is 3.54. The van der Waals surface area contributed by atoms with Gasteiger partial charge in [-0.15, -0.1) is 9.91 Å². The van der Waals surface area contributed by atoms with Gasteiger partial charge in [-0.3, -0.25) is 0 Å². The molecular formula is C17H13N2O2+. The van der Waals surface area contributed by atoms with E-state index in [-0.39, 0.29) is 17.4 Å². The molecule has 102 valence electrons. The van der Waals surface area contributed by atoms with Crippen molar-refractivity contribution in [3.63, 3.8) is 0 Å². The Balaban J connectivity index is 2.09. The minimum atomic E-state index is -0.178. The lowest BCUT2D eigenvalue weighted by Gasteiger charge is -2.05. The molecule has 0 amide bonds. The number of hydrogen-bond donors (Lipinski definition) is 1. The van der Waals surface area contributed by atoms with Crippen LogP contribution in [0.25, 0.3) is 10.8 Å². The SMILES string of the molecule is O=[C+]c1cc2ccccc2c(N=NC2C=CC=CC2)c1O. The summed E-state index contributed by atoms with van der Waals surface area (Å²) < 4.78 is 0. The van der Waals surface area contributed by atoms with Gasteiger partial charge in [0.25, 0.3) is 11.3 Å². The molecule has 4 heteroatoms. The van der Waals surface area contributed by atoms with E-state index in [0.717, 1.165) is 17.2 Å². The number of phenolic OH excluding ortho intramolecular Hbond substituents is 1. The van der Waals surface area contributed by atoms with Gasteiger partial charge in [-0.25, -0.2) is 0 Å². The van der Waals surface area contributed by atoms with Crippen molar-refractivity contribution in [1.29, 1.82) is 0 Å². The van der Waals surface area contributed by atoms with E-state index in [1.807, 2.05) is 48.6 Å². The largest absolute Gasteiger partial charge is 0.446 e. The van der Waals surface area contributed by atoms with Gasteiger partial charge in [-0.2, -0.15) is 5.11 Å². The average Bonchev–Trinajstić information content (AvgIpc) is 2.54. The van der Waals surface area contributed by atoms with Crippen molar-refractivity contribution in [2.75, 3.05) is 0 Å². The summed E-state index contributed by atoms with van der Waals surface area (Å²) in [7, 11) is 0. The van der Waals surface area contributed by atoms with Crippen LogP contribution in [0.4, 0.5) is 5.69 Å². The molecule has 1 atom stereocenters. The number of aromatic hydroxyl groups is 1. The van der Waals surface area contributed by atoms with Gasteiger partial charge in [0, 0.05) is 10.8 Å². The number of hydrogen-bond acceptors (Lipinski definition) is 4. The maximum absolute atomic E-state index is 11.0. The number of nitrogens with zero attached hydrogens (tertiary/aromatic N) is 2. The predicted octanol–water partition coefficient (Wildman–Crippen LogP) is 3.97. The van der Waals surface area contributed by atoms with Gasteiger partial charge in [0.05, 0.1) is 12.1 Å². The van der Waals surface area contributed by atoms with Crippen LogP contribution in [-0.2, 0) is 4.79 Å². The van der Waals surface area contributed by atoms with E-state index in [4.69, 9.17) is 0 Å². The number of azo groups is 1. The fourth-order valence-corrected chi connectivity index (χ4v) is 2.28. The number of benzene rings is 2. The van der Waals surface area contributed by atoms with Crippen molar-refractivity contribution in [3.8, 4) is 5.75 Å². The summed E-state index contributed by atoms with van der Waals surface area (Å²) in [6.45, 7) is 0. The second-order valence-electron chi connectivity index (χ2n) is 4.78. The van der Waals surface area contributed by atoms with Crippen LogP contribution in [0.5, 0.6) is 5.75 Å². The summed E-state index contributed by atoms with van der Waals surface area (Å²) in [6, 6.07) is 8.97. The van der Waals surface area contributed by atoms with E-state index in [0.29, 0.717) is 5.69 Å². The highest BCUT2D eigenvalue weighted by Crippen LogP contribution is 2.38. The zero-order valence-electron chi connectivity index (χ0n) is 11.2. The molecule has 3 rings (SSSR count). The van der Waals surface area contributed by atoms with Crippen molar-refractivity contribution >= 4 is 22.7 Å². The van der Waals surface area contributed by atoms with Gasteiger partial charge in [0.2, 0.25) is 0 Å². The van der Waals surface area contributed by atoms with Gasteiger partial charge < -0.3 is 5.11 Å². The van der Waals surface area contributed by atoms with Crippen LogP contribution in [-0.4, -0.2) is 17.4 Å². The fraction of sp³-hybridized carbons (Fsp3) is 0.118. The Morgan fingerprint density at radius 3 is 2.86 bits per heavy atom. The zero-order chi connectivity index (χ0) is 14.7. The summed E-state index contributed by atoms with van der Waals surface area (Å²) >= 11 is 0. The molecule has 21 heavy (non-hydrogen) atoms. The lowest BCUT2D eigenvalue weighted by molar-refractivity contribution is 0.473. The van der Waals surface area contributed by atoms with Crippen molar-refractivity contribution in [3.05, 3.63) is 60.2 Å². The molecule has 2 aromatic carbocycles. The first-order chi connectivity index (χ1) is 10.3. The molecule has 0 aromatic heterocycles. The molecule has 1 aliphatic carbocycles. The number of fused-ring (bicyclic) bond motifs is 1. The summed E-state index contributed by atoms with van der Waals surface area (Å²) in [6.07, 6.45) is 10.3. The number of allylic oxidation sites excluding steroid dienone is 2. The van der Waals surface area contributed by atoms with Crippen LogP contribution >= 0.6 is 0 Å². The zero-order valence-corrected chi connectivity index (χ0v) is 11.2. The lowest BCUT2D eigenvalue weighted by atomic mass is 10.0. The summed E-state index contributed by atoms with van der Waals surface area (Å²) in [5.41, 5.74) is 0.413. The normalized spacial score (nSPS) is 17.4. The second kappa shape index (κ2) is 5.65. The first kappa shape index (κ1) is 13.2. The second-order valence-corrected chi connectivity index (χ2v) is 4.78. The first-order valence-corrected chi connectivity index (χ1v) is 6.66. The molecule has 1 aliphatic rings. The van der Waals surface area contributed by atoms with Crippen LogP contribution in [0.3, 0.4) is 0 Å². The molecule has 0 heterocycles. The molecule has 0 fully saturated rings. The van der Waals surface area contributed by atoms with E-state index in [9.17, 15) is 9.90 Å². The lowest BCUT2D eigenvalue weighted by Crippen LogP contribution is -1.98. The third kappa shape index (κ3) is 2.57. The molecule has 0 spiro atoms. The molecule has 0 aliphatic heterocycles. The van der Waals surface area contributed by atoms with Gasteiger partial charge in [-0.05, 0) is 18.6 Å². The predicted molar refractivity (Wildman–Crippen MR) is 81.6 cm³/mol. The van der Waals surface area contributed by atoms with Gasteiger partial charge >= 0.3 is 6.29 Å². The monoisotopic (exact) mass is 277 g/mol. The molecule has 2 aromatic rings. The Morgan fingerprint density at radius 2 is 2.10 bits per heavy atom. The minimum absolute atomic E-state index is 0.0444. The smallest absolute Gasteiger partial charge is 0.307 e. The topological polar surface area (TPSA) is 62.0 Å². The van der Waals surface area contributed by atoms with Crippen LogP contribution in [0, 0.1) is 0 Å². The van der Waals surface area contributed by atoms with E-state index in [2.05, 4.69) is 10.2 Å². The highest BCUT2D eigenvalue weighted by Gasteiger charge is 2.21. The molecule has 0 saturated heterocycles. The van der Waals surface area contributed by atoms with E-state index in [1.54, 1.807) is 12.4 Å². The average molecular weight is 277 g/mol. The van der Waals surface area contributed by atoms with E-state index >= 15 is 0 Å². The fourth-order valence-electron chi connectivity index (χ4n) is 2.28. The van der Waals surface area contributed by atoms with Crippen molar-refractivity contribution in [2.24, 2.45) is 10.2 Å². The Bertz CT molecular complexity index is 776. The molecule has 1 unspecified atom stereocenters. The molecule has 4 nitrogen and oxygen atoms in total. The Hall–Kier alpha value is -2.84. The third-order valence-corrected chi connectivity index (χ3v) is 3.37. The maximum Gasteiger partial charge on any atom is 0.307 e. The van der Waals surface area contributed by atoms with Crippen LogP contribution in [0.15, 0.2) is 64.9 Å². The standard InChI is InChI=1S/C17H12N2O2/c20-11-13-10-12-6-4-5-9-15(12)16(17(13)21)19-18-14-7-2-1-3-8-14/h1-7,9-10,14H,8H2/p+1. The maximum atomic E-state index is 11.0. The third-order valence-electron chi connectivity index (χ3n) is 3.37. The number of phenols is 1. The Morgan fingerprint density at radius 1 is 1.24 bits per heavy atom. The van der Waals surface area contributed by atoms with E-state index in [1.165, 1.54) is 0 Å². The quantitative estimate of drug-likeness (QED) is 0.681. The minimum Gasteiger partial charge on any atom is -0.446 e. The molecule has 0 bridgehead atoms. The van der Waals surface area contributed by atoms with Crippen LogP contribution in [0.2, 0.25) is 0 Å². The molecular weight excluding hydrogens is 264 g/mol. The van der Waals surface area contributed by atoms with Gasteiger partial charge in [-0.1, -0.05) is 36.4 Å². The summed E-state index contributed by atoms with van der Waals surface area (Å²) in [5.74, 6) is -0.178. The Labute approximate surface area is 122 Å². The first-order valence-electron chi connectivity index (χ1n) is 6.66.